The number of hydrogen-bond acceptors (Lipinski definition) is 1. The Morgan fingerprint density at radius 2 is 1.25 bits per heavy atom. The van der Waals surface area contributed by atoms with Gasteiger partial charge in [-0.1, -0.05) is 12.1 Å². The van der Waals surface area contributed by atoms with Crippen molar-refractivity contribution >= 4 is 25.0 Å². The minimum Gasteiger partial charge on any atom is -0.269 e. The zero-order valence-corrected chi connectivity index (χ0v) is 9.14. The highest BCUT2D eigenvalue weighted by molar-refractivity contribution is 7.80. The Morgan fingerprint density at radius 3 is 1.50 bits per heavy atom. The Balaban J connectivity index is -0.0000000807. The fraction of sp³-hybridized carbons (Fsp3) is 0.143. The maximum atomic E-state index is 12.0. The SMILES string of the molecule is Cl.F.F.F.F.FC(F)(F)c1ccccc1S. The van der Waals surface area contributed by atoms with Crippen LogP contribution in [0.15, 0.2) is 29.2 Å². The molecule has 9 heteroatoms. The van der Waals surface area contributed by atoms with Crippen molar-refractivity contribution in [2.24, 2.45) is 0 Å². The van der Waals surface area contributed by atoms with E-state index in [-0.39, 0.29) is 36.1 Å². The van der Waals surface area contributed by atoms with E-state index < -0.39 is 11.7 Å². The molecule has 100 valence electrons. The van der Waals surface area contributed by atoms with E-state index in [1.807, 2.05) is 0 Å². The minimum absolute atomic E-state index is 0. The summed E-state index contributed by atoms with van der Waals surface area (Å²) in [5, 5.41) is 0. The Bertz CT molecular complexity index is 265. The molecule has 0 aliphatic heterocycles. The molecule has 0 saturated heterocycles. The minimum atomic E-state index is -4.29. The van der Waals surface area contributed by atoms with Crippen LogP contribution in [0.2, 0.25) is 0 Å². The summed E-state index contributed by atoms with van der Waals surface area (Å²) in [5.74, 6) is 0. The van der Waals surface area contributed by atoms with Crippen LogP contribution in [0.5, 0.6) is 0 Å². The van der Waals surface area contributed by atoms with Gasteiger partial charge in [0.25, 0.3) is 0 Å². The van der Waals surface area contributed by atoms with Crippen LogP contribution in [0.25, 0.3) is 0 Å². The van der Waals surface area contributed by atoms with Crippen LogP contribution in [0.4, 0.5) is 32.0 Å². The van der Waals surface area contributed by atoms with Gasteiger partial charge < -0.3 is 0 Å². The molecule has 0 saturated carbocycles. The van der Waals surface area contributed by atoms with Gasteiger partial charge in [-0.05, 0) is 12.1 Å². The molecule has 0 amide bonds. The normalized spacial score (nSPS) is 8.00. The fourth-order valence-electron chi connectivity index (χ4n) is 0.713. The van der Waals surface area contributed by atoms with Gasteiger partial charge in [-0.3, -0.25) is 18.8 Å². The summed E-state index contributed by atoms with van der Waals surface area (Å²) in [7, 11) is 0. The molecule has 0 bridgehead atoms. The van der Waals surface area contributed by atoms with Crippen LogP contribution < -0.4 is 0 Å². The molecule has 16 heavy (non-hydrogen) atoms. The number of rotatable bonds is 0. The van der Waals surface area contributed by atoms with Crippen molar-refractivity contribution in [3.05, 3.63) is 29.8 Å². The van der Waals surface area contributed by atoms with Gasteiger partial charge in [0, 0.05) is 4.90 Å². The maximum Gasteiger partial charge on any atom is 0.417 e. The summed E-state index contributed by atoms with van der Waals surface area (Å²) < 4.78 is 36.0. The lowest BCUT2D eigenvalue weighted by atomic mass is 10.2. The van der Waals surface area contributed by atoms with Crippen molar-refractivity contribution in [1.82, 2.24) is 0 Å². The molecular formula is C7H10ClF7S. The van der Waals surface area contributed by atoms with Crippen molar-refractivity contribution in [3.8, 4) is 0 Å². The van der Waals surface area contributed by atoms with Gasteiger partial charge in [-0.25, -0.2) is 0 Å². The van der Waals surface area contributed by atoms with Crippen molar-refractivity contribution in [3.63, 3.8) is 0 Å². The van der Waals surface area contributed by atoms with E-state index in [1.54, 1.807) is 0 Å². The number of hydrogen-bond donors (Lipinski definition) is 1. The van der Waals surface area contributed by atoms with Gasteiger partial charge >= 0.3 is 6.18 Å². The molecule has 1 rings (SSSR count). The van der Waals surface area contributed by atoms with E-state index in [9.17, 15) is 13.2 Å². The second kappa shape index (κ2) is 10.9. The standard InChI is InChI=1S/C7H5F3S.ClH.4FH/c8-7(9,10)5-3-1-2-4-6(5)11;;;;;/h1-4,11H;5*1H. The third-order valence-corrected chi connectivity index (χ3v) is 1.60. The van der Waals surface area contributed by atoms with E-state index in [2.05, 4.69) is 12.6 Å². The van der Waals surface area contributed by atoms with Crippen molar-refractivity contribution in [1.29, 1.82) is 0 Å². The molecule has 0 fully saturated rings. The van der Waals surface area contributed by atoms with Crippen LogP contribution in [0, 0.1) is 0 Å². The summed E-state index contributed by atoms with van der Waals surface area (Å²) in [6.07, 6.45) is -4.29. The van der Waals surface area contributed by atoms with Crippen LogP contribution in [0.3, 0.4) is 0 Å². The number of halogens is 8. The fourth-order valence-corrected chi connectivity index (χ4v) is 1.00. The zero-order chi connectivity index (χ0) is 8.48. The maximum absolute atomic E-state index is 12.0. The lowest BCUT2D eigenvalue weighted by molar-refractivity contribution is -0.139. The molecule has 0 N–H and O–H groups in total. The highest BCUT2D eigenvalue weighted by Gasteiger charge is 2.31. The predicted molar refractivity (Wildman–Crippen MR) is 56.0 cm³/mol. The van der Waals surface area contributed by atoms with E-state index in [0.717, 1.165) is 6.07 Å². The second-order valence-electron chi connectivity index (χ2n) is 2.01. The predicted octanol–water partition coefficient (Wildman–Crippen LogP) is 4.03. The Morgan fingerprint density at radius 1 is 0.875 bits per heavy atom. The number of benzene rings is 1. The van der Waals surface area contributed by atoms with Crippen LogP contribution >= 0.6 is 25.0 Å². The summed E-state index contributed by atoms with van der Waals surface area (Å²) in [6.45, 7) is 0. The molecule has 0 aliphatic rings. The molecule has 0 nitrogen and oxygen atoms in total. The molecule has 0 aromatic heterocycles. The molecule has 0 radical (unpaired) electrons. The highest BCUT2D eigenvalue weighted by atomic mass is 35.5. The van der Waals surface area contributed by atoms with Gasteiger partial charge in [0.2, 0.25) is 0 Å². The lowest BCUT2D eigenvalue weighted by Gasteiger charge is -2.07. The van der Waals surface area contributed by atoms with Gasteiger partial charge in [-0.2, -0.15) is 13.2 Å². The summed E-state index contributed by atoms with van der Waals surface area (Å²) in [4.78, 5) is -0.0417. The molecular weight excluding hydrogens is 285 g/mol. The van der Waals surface area contributed by atoms with Gasteiger partial charge in [0.15, 0.2) is 0 Å². The molecule has 1 aromatic rings. The third kappa shape index (κ3) is 7.63. The van der Waals surface area contributed by atoms with Crippen LogP contribution in [-0.2, 0) is 6.18 Å². The molecule has 0 spiro atoms. The van der Waals surface area contributed by atoms with E-state index in [1.165, 1.54) is 18.2 Å². The van der Waals surface area contributed by atoms with Crippen LogP contribution in [0.1, 0.15) is 5.56 Å². The first-order valence-electron chi connectivity index (χ1n) is 2.87. The highest BCUT2D eigenvalue weighted by Crippen LogP contribution is 2.33. The number of alkyl halides is 3. The monoisotopic (exact) mass is 294 g/mol. The van der Waals surface area contributed by atoms with E-state index in [4.69, 9.17) is 0 Å². The first kappa shape index (κ1) is 29.5. The second-order valence-corrected chi connectivity index (χ2v) is 2.50. The van der Waals surface area contributed by atoms with E-state index >= 15 is 0 Å². The quantitative estimate of drug-likeness (QED) is 0.542. The molecule has 1 aromatic carbocycles. The van der Waals surface area contributed by atoms with Crippen LogP contribution in [-0.4, -0.2) is 0 Å². The van der Waals surface area contributed by atoms with Crippen molar-refractivity contribution < 1.29 is 32.0 Å². The van der Waals surface area contributed by atoms with E-state index in [0.29, 0.717) is 0 Å². The molecule has 0 atom stereocenters. The number of thiol groups is 1. The zero-order valence-electron chi connectivity index (χ0n) is 7.43. The topological polar surface area (TPSA) is 0 Å². The smallest absolute Gasteiger partial charge is 0.269 e. The van der Waals surface area contributed by atoms with Gasteiger partial charge in [0.1, 0.15) is 0 Å². The first-order valence-corrected chi connectivity index (χ1v) is 3.32. The van der Waals surface area contributed by atoms with Crippen molar-refractivity contribution in [2.45, 2.75) is 11.1 Å². The Kier molecular flexibility index (Phi) is 20.1. The molecule has 0 heterocycles. The van der Waals surface area contributed by atoms with Gasteiger partial charge in [-0.15, -0.1) is 25.0 Å². The third-order valence-electron chi connectivity index (χ3n) is 1.21. The average molecular weight is 295 g/mol. The summed E-state index contributed by atoms with van der Waals surface area (Å²) in [6, 6.07) is 5.16. The summed E-state index contributed by atoms with van der Waals surface area (Å²) >= 11 is 3.67. The Labute approximate surface area is 98.5 Å². The van der Waals surface area contributed by atoms with Gasteiger partial charge in [0.05, 0.1) is 5.56 Å². The molecule has 0 unspecified atom stereocenters. The first-order chi connectivity index (χ1) is 5.02. The average Bonchev–Trinajstić information content (AvgIpc) is 1.86. The lowest BCUT2D eigenvalue weighted by Crippen LogP contribution is -2.05. The molecule has 0 aliphatic carbocycles. The van der Waals surface area contributed by atoms with Crippen molar-refractivity contribution in [2.75, 3.05) is 0 Å². The summed E-state index contributed by atoms with van der Waals surface area (Å²) in [5.41, 5.74) is -0.691. The Hall–Kier alpha value is -0.630. The largest absolute Gasteiger partial charge is 0.417 e.